The van der Waals surface area contributed by atoms with E-state index in [4.69, 9.17) is 9.47 Å². The number of fused-ring (bicyclic) bond motifs is 1. The topological polar surface area (TPSA) is 21.7 Å². The highest BCUT2D eigenvalue weighted by Crippen LogP contribution is 2.39. The number of methoxy groups -OCH3 is 2. The molecule has 1 saturated heterocycles. The maximum atomic E-state index is 5.48. The molecule has 1 heterocycles. The van der Waals surface area contributed by atoms with E-state index in [-0.39, 0.29) is 12.4 Å². The van der Waals surface area contributed by atoms with Crippen molar-refractivity contribution in [1.82, 2.24) is 4.90 Å². The highest BCUT2D eigenvalue weighted by Gasteiger charge is 2.28. The van der Waals surface area contributed by atoms with Gasteiger partial charge in [-0.25, -0.2) is 0 Å². The summed E-state index contributed by atoms with van der Waals surface area (Å²) in [7, 11) is 3.44. The third-order valence-electron chi connectivity index (χ3n) is 6.35. The molecule has 0 spiro atoms. The summed E-state index contributed by atoms with van der Waals surface area (Å²) in [6, 6.07) is 15.2. The van der Waals surface area contributed by atoms with E-state index in [0.717, 1.165) is 29.9 Å². The molecular weight excluding hydrogens is 370 g/mol. The van der Waals surface area contributed by atoms with Crippen LogP contribution in [0, 0.1) is 11.8 Å². The number of nitrogens with zero attached hydrogens (tertiary/aromatic N) is 1. The molecule has 0 N–H and O–H groups in total. The Kier molecular flexibility index (Phi) is 7.25. The first-order valence-electron chi connectivity index (χ1n) is 10.2. The summed E-state index contributed by atoms with van der Waals surface area (Å²) in [5.74, 6) is 3.39. The second-order valence-corrected chi connectivity index (χ2v) is 8.19. The van der Waals surface area contributed by atoms with Crippen molar-refractivity contribution >= 4 is 12.4 Å². The number of hydrogen-bond donors (Lipinski definition) is 0. The SMILES string of the molecule is COc1cc2c(cc1OC)CC(CC1CCN(Cc3ccccc3)CC1)C2.Cl. The summed E-state index contributed by atoms with van der Waals surface area (Å²) in [6.07, 6.45) is 6.43. The first kappa shape index (κ1) is 21.0. The molecule has 2 aromatic carbocycles. The molecule has 0 atom stereocenters. The summed E-state index contributed by atoms with van der Waals surface area (Å²) >= 11 is 0. The van der Waals surface area contributed by atoms with Crippen LogP contribution in [-0.4, -0.2) is 32.2 Å². The Balaban J connectivity index is 0.00000225. The molecule has 3 nitrogen and oxygen atoms in total. The van der Waals surface area contributed by atoms with Gasteiger partial charge < -0.3 is 9.47 Å². The van der Waals surface area contributed by atoms with Crippen molar-refractivity contribution in [3.8, 4) is 11.5 Å². The fourth-order valence-electron chi connectivity index (χ4n) is 4.90. The largest absolute Gasteiger partial charge is 0.493 e. The predicted octanol–water partition coefficient (Wildman–Crippen LogP) is 5.14. The van der Waals surface area contributed by atoms with Gasteiger partial charge in [0.1, 0.15) is 0 Å². The molecule has 0 unspecified atom stereocenters. The Bertz CT molecular complexity index is 724. The Morgan fingerprint density at radius 3 is 1.96 bits per heavy atom. The van der Waals surface area contributed by atoms with Gasteiger partial charge in [0.15, 0.2) is 11.5 Å². The molecule has 4 rings (SSSR count). The molecule has 0 amide bonds. The van der Waals surface area contributed by atoms with Gasteiger partial charge in [-0.1, -0.05) is 30.3 Å². The Labute approximate surface area is 175 Å². The summed E-state index contributed by atoms with van der Waals surface area (Å²) in [6.45, 7) is 3.57. The zero-order valence-corrected chi connectivity index (χ0v) is 17.8. The molecule has 2 aromatic rings. The van der Waals surface area contributed by atoms with Crippen LogP contribution in [0.2, 0.25) is 0 Å². The molecule has 152 valence electrons. The number of hydrogen-bond acceptors (Lipinski definition) is 3. The van der Waals surface area contributed by atoms with Gasteiger partial charge in [0, 0.05) is 6.54 Å². The lowest BCUT2D eigenvalue weighted by Gasteiger charge is -2.33. The molecular formula is C24H32ClNO2. The molecule has 0 bridgehead atoms. The fraction of sp³-hybridized carbons (Fsp3) is 0.500. The Hall–Kier alpha value is -1.71. The van der Waals surface area contributed by atoms with Crippen molar-refractivity contribution in [1.29, 1.82) is 0 Å². The van der Waals surface area contributed by atoms with E-state index in [1.807, 2.05) is 0 Å². The monoisotopic (exact) mass is 401 g/mol. The van der Waals surface area contributed by atoms with Crippen LogP contribution in [0.5, 0.6) is 11.5 Å². The van der Waals surface area contributed by atoms with E-state index in [1.165, 1.54) is 61.9 Å². The van der Waals surface area contributed by atoms with Gasteiger partial charge in [-0.2, -0.15) is 0 Å². The Morgan fingerprint density at radius 1 is 0.857 bits per heavy atom. The average molecular weight is 402 g/mol. The Morgan fingerprint density at radius 2 is 1.43 bits per heavy atom. The van der Waals surface area contributed by atoms with Crippen LogP contribution in [0.4, 0.5) is 0 Å². The van der Waals surface area contributed by atoms with Gasteiger partial charge in [-0.15, -0.1) is 12.4 Å². The third-order valence-corrected chi connectivity index (χ3v) is 6.35. The maximum Gasteiger partial charge on any atom is 0.161 e. The van der Waals surface area contributed by atoms with Crippen LogP contribution in [-0.2, 0) is 19.4 Å². The van der Waals surface area contributed by atoms with E-state index in [0.29, 0.717) is 0 Å². The first-order chi connectivity index (χ1) is 13.2. The van der Waals surface area contributed by atoms with Crippen molar-refractivity contribution in [2.24, 2.45) is 11.8 Å². The zero-order valence-electron chi connectivity index (χ0n) is 17.0. The van der Waals surface area contributed by atoms with Crippen LogP contribution in [0.15, 0.2) is 42.5 Å². The van der Waals surface area contributed by atoms with Gasteiger partial charge in [0.2, 0.25) is 0 Å². The number of piperidine rings is 1. The van der Waals surface area contributed by atoms with E-state index >= 15 is 0 Å². The standard InChI is InChI=1S/C24H31NO2.ClH/c1-26-23-15-21-13-20(14-22(21)16-24(23)27-2)12-18-8-10-25(11-9-18)17-19-6-4-3-5-7-19;/h3-7,15-16,18,20H,8-14,17H2,1-2H3;1H. The molecule has 2 aliphatic rings. The van der Waals surface area contributed by atoms with Crippen molar-refractivity contribution in [2.75, 3.05) is 27.3 Å². The molecule has 4 heteroatoms. The quantitative estimate of drug-likeness (QED) is 0.668. The molecule has 1 aliphatic carbocycles. The van der Waals surface area contributed by atoms with Crippen LogP contribution in [0.1, 0.15) is 36.0 Å². The molecule has 0 saturated carbocycles. The number of benzene rings is 2. The summed E-state index contributed by atoms with van der Waals surface area (Å²) in [4.78, 5) is 2.62. The van der Waals surface area contributed by atoms with E-state index < -0.39 is 0 Å². The smallest absolute Gasteiger partial charge is 0.161 e. The van der Waals surface area contributed by atoms with Gasteiger partial charge in [0.05, 0.1) is 14.2 Å². The number of ether oxygens (including phenoxy) is 2. The summed E-state index contributed by atoms with van der Waals surface area (Å²) in [5, 5.41) is 0. The summed E-state index contributed by atoms with van der Waals surface area (Å²) in [5.41, 5.74) is 4.35. The molecule has 1 fully saturated rings. The van der Waals surface area contributed by atoms with Crippen LogP contribution >= 0.6 is 12.4 Å². The number of halogens is 1. The van der Waals surface area contributed by atoms with Crippen molar-refractivity contribution in [3.05, 3.63) is 59.2 Å². The predicted molar refractivity (Wildman–Crippen MR) is 117 cm³/mol. The van der Waals surface area contributed by atoms with Gasteiger partial charge >= 0.3 is 0 Å². The zero-order chi connectivity index (χ0) is 18.6. The van der Waals surface area contributed by atoms with Crippen LogP contribution in [0.3, 0.4) is 0 Å². The van der Waals surface area contributed by atoms with Crippen molar-refractivity contribution < 1.29 is 9.47 Å². The second-order valence-electron chi connectivity index (χ2n) is 8.19. The van der Waals surface area contributed by atoms with Gasteiger partial charge in [-0.3, -0.25) is 4.90 Å². The van der Waals surface area contributed by atoms with E-state index in [9.17, 15) is 0 Å². The molecule has 0 radical (unpaired) electrons. The first-order valence-corrected chi connectivity index (χ1v) is 10.2. The minimum Gasteiger partial charge on any atom is -0.493 e. The average Bonchev–Trinajstić information content (AvgIpc) is 3.10. The number of likely N-dealkylation sites (tertiary alicyclic amines) is 1. The lowest BCUT2D eigenvalue weighted by molar-refractivity contribution is 0.161. The van der Waals surface area contributed by atoms with E-state index in [1.54, 1.807) is 14.2 Å². The van der Waals surface area contributed by atoms with Crippen LogP contribution in [0.25, 0.3) is 0 Å². The highest BCUT2D eigenvalue weighted by atomic mass is 35.5. The lowest BCUT2D eigenvalue weighted by Crippen LogP contribution is -2.33. The fourth-order valence-corrected chi connectivity index (χ4v) is 4.90. The maximum absolute atomic E-state index is 5.48. The molecule has 1 aliphatic heterocycles. The van der Waals surface area contributed by atoms with Crippen molar-refractivity contribution in [3.63, 3.8) is 0 Å². The molecule has 0 aromatic heterocycles. The molecule has 28 heavy (non-hydrogen) atoms. The third kappa shape index (κ3) is 4.82. The van der Waals surface area contributed by atoms with Gasteiger partial charge in [0.25, 0.3) is 0 Å². The summed E-state index contributed by atoms with van der Waals surface area (Å²) < 4.78 is 11.0. The van der Waals surface area contributed by atoms with Crippen LogP contribution < -0.4 is 9.47 Å². The second kappa shape index (κ2) is 9.67. The van der Waals surface area contributed by atoms with E-state index in [2.05, 4.69) is 47.4 Å². The van der Waals surface area contributed by atoms with Gasteiger partial charge in [-0.05, 0) is 85.9 Å². The minimum absolute atomic E-state index is 0. The normalized spacial score (nSPS) is 17.8. The minimum atomic E-state index is 0. The highest BCUT2D eigenvalue weighted by molar-refractivity contribution is 5.85. The number of rotatable bonds is 6. The lowest BCUT2D eigenvalue weighted by atomic mass is 9.86. The van der Waals surface area contributed by atoms with Crippen molar-refractivity contribution in [2.45, 2.75) is 38.6 Å².